The Hall–Kier alpha value is -3.97. The van der Waals surface area contributed by atoms with Crippen LogP contribution in [-0.2, 0) is 20.9 Å². The molecule has 10 N–H and O–H groups in total. The van der Waals surface area contributed by atoms with Crippen molar-refractivity contribution < 1.29 is 45.0 Å². The van der Waals surface area contributed by atoms with E-state index >= 15 is 0 Å². The Balaban J connectivity index is 0.801. The average molecular weight is 1010 g/mol. The molecule has 2 aromatic heterocycles. The Labute approximate surface area is 430 Å². The standard InChI is InChI=1S/C55H94N8O9/c64-39-44-37-43(31-32-45(44)66)46(67)38-56-33-25-19-13-7-3-5-11-17-23-29-48(68)57-34-26-20-14-8-1-2-9-15-21-27-35-58-49(69)30-24-18-12-6-4-10-16-22-28-36-59-53-50-54(61-41-60-53)63(42-62-50)55-52(71)51(70)47(40-65)72-55/h31-32,37,41-42,46-47,51-52,55-56,64-67,70-71H,1-30,33-36,38-40H2,(H,57,68)(H,58,69)(H,59,60,61)/t46?,47-,51-,52-,55-/m1/s1. The van der Waals surface area contributed by atoms with E-state index in [1.165, 1.54) is 141 Å². The third-order valence-electron chi connectivity index (χ3n) is 14.0. The van der Waals surface area contributed by atoms with Gasteiger partial charge in [-0.1, -0.05) is 147 Å². The van der Waals surface area contributed by atoms with E-state index in [2.05, 4.69) is 36.2 Å². The molecule has 4 rings (SSSR count). The van der Waals surface area contributed by atoms with Crippen LogP contribution in [0.5, 0.6) is 5.75 Å². The number of fused-ring (bicyclic) bond motifs is 1. The van der Waals surface area contributed by atoms with Crippen molar-refractivity contribution in [1.29, 1.82) is 0 Å². The van der Waals surface area contributed by atoms with Crippen LogP contribution in [0.2, 0.25) is 0 Å². The monoisotopic (exact) mass is 1010 g/mol. The summed E-state index contributed by atoms with van der Waals surface area (Å²) in [5.41, 5.74) is 2.16. The molecule has 1 aliphatic rings. The van der Waals surface area contributed by atoms with Crippen LogP contribution in [-0.4, -0.2) is 120 Å². The SMILES string of the molecule is O=C(CCCCCCCCCCCNCC(O)c1ccc(O)c(CO)c1)NCCCCCCCCCCCCNC(=O)CCCCCCCCCCCNc1ncnc2c1ncn2[C@@H]1O[C@H](CO)[C@@H](O)[C@H]1O. The lowest BCUT2D eigenvalue weighted by molar-refractivity contribution is -0.122. The molecule has 2 amide bonds. The molecule has 3 heterocycles. The van der Waals surface area contributed by atoms with Gasteiger partial charge in [0, 0.05) is 44.6 Å². The van der Waals surface area contributed by atoms with Gasteiger partial charge in [0.1, 0.15) is 30.4 Å². The zero-order valence-electron chi connectivity index (χ0n) is 43.6. The lowest BCUT2D eigenvalue weighted by Crippen LogP contribution is -2.33. The number of hydrogen-bond acceptors (Lipinski definition) is 14. The molecule has 1 aliphatic heterocycles. The van der Waals surface area contributed by atoms with Gasteiger partial charge in [-0.2, -0.15) is 0 Å². The zero-order chi connectivity index (χ0) is 51.4. The van der Waals surface area contributed by atoms with Crippen LogP contribution in [0, 0.1) is 0 Å². The number of benzene rings is 1. The second kappa shape index (κ2) is 37.7. The van der Waals surface area contributed by atoms with Gasteiger partial charge in [0.05, 0.1) is 25.6 Å². The fourth-order valence-corrected chi connectivity index (χ4v) is 9.50. The third-order valence-corrected chi connectivity index (χ3v) is 14.0. The number of aliphatic hydroxyl groups is 5. The lowest BCUT2D eigenvalue weighted by Gasteiger charge is -2.16. The first kappa shape index (κ1) is 60.6. The number of carbonyl (C=O) groups excluding carboxylic acids is 2. The first-order valence-electron chi connectivity index (χ1n) is 28.1. The minimum Gasteiger partial charge on any atom is -0.508 e. The van der Waals surface area contributed by atoms with E-state index in [0.717, 1.165) is 84.0 Å². The number of aliphatic hydroxyl groups excluding tert-OH is 5. The van der Waals surface area contributed by atoms with Crippen molar-refractivity contribution in [2.75, 3.05) is 44.6 Å². The summed E-state index contributed by atoms with van der Waals surface area (Å²) in [5, 5.41) is 72.2. The Morgan fingerprint density at radius 3 is 1.60 bits per heavy atom. The highest BCUT2D eigenvalue weighted by molar-refractivity contribution is 5.82. The van der Waals surface area contributed by atoms with E-state index in [4.69, 9.17) is 4.74 Å². The van der Waals surface area contributed by atoms with Crippen molar-refractivity contribution in [3.05, 3.63) is 42.0 Å². The van der Waals surface area contributed by atoms with Crippen LogP contribution in [0.25, 0.3) is 11.2 Å². The van der Waals surface area contributed by atoms with E-state index in [-0.39, 0.29) is 24.2 Å². The number of nitrogens with one attached hydrogen (secondary N) is 4. The maximum atomic E-state index is 12.3. The molecule has 0 spiro atoms. The van der Waals surface area contributed by atoms with Crippen molar-refractivity contribution in [2.45, 2.75) is 230 Å². The molecule has 17 nitrogen and oxygen atoms in total. The predicted octanol–water partition coefficient (Wildman–Crippen LogP) is 8.31. The summed E-state index contributed by atoms with van der Waals surface area (Å²) >= 11 is 0. The molecule has 0 saturated carbocycles. The van der Waals surface area contributed by atoms with Crippen molar-refractivity contribution in [3.63, 3.8) is 0 Å². The lowest BCUT2D eigenvalue weighted by atomic mass is 10.0. The normalized spacial score (nSPS) is 17.2. The van der Waals surface area contributed by atoms with Crippen LogP contribution in [0.15, 0.2) is 30.9 Å². The van der Waals surface area contributed by atoms with Gasteiger partial charge in [-0.25, -0.2) is 15.0 Å². The number of aromatic hydroxyl groups is 1. The largest absolute Gasteiger partial charge is 0.508 e. The second-order valence-electron chi connectivity index (χ2n) is 20.1. The van der Waals surface area contributed by atoms with Crippen LogP contribution in [0.4, 0.5) is 5.82 Å². The smallest absolute Gasteiger partial charge is 0.219 e. The molecule has 0 aliphatic carbocycles. The van der Waals surface area contributed by atoms with Crippen molar-refractivity contribution >= 4 is 28.8 Å². The summed E-state index contributed by atoms with van der Waals surface area (Å²) in [6.45, 7) is 2.99. The second-order valence-corrected chi connectivity index (χ2v) is 20.1. The molecular formula is C55H94N8O9. The summed E-state index contributed by atoms with van der Waals surface area (Å²) < 4.78 is 7.21. The van der Waals surface area contributed by atoms with Gasteiger partial charge in [0.2, 0.25) is 11.8 Å². The molecule has 408 valence electrons. The molecule has 0 radical (unpaired) electrons. The van der Waals surface area contributed by atoms with Crippen molar-refractivity contribution in [3.8, 4) is 5.75 Å². The van der Waals surface area contributed by atoms with E-state index in [9.17, 15) is 40.2 Å². The fourth-order valence-electron chi connectivity index (χ4n) is 9.50. The number of aromatic nitrogens is 4. The van der Waals surface area contributed by atoms with Gasteiger partial charge < -0.3 is 56.6 Å². The van der Waals surface area contributed by atoms with Gasteiger partial charge in [-0.3, -0.25) is 14.2 Å². The Morgan fingerprint density at radius 2 is 1.10 bits per heavy atom. The van der Waals surface area contributed by atoms with Crippen molar-refractivity contribution in [1.82, 2.24) is 35.5 Å². The summed E-state index contributed by atoms with van der Waals surface area (Å²) in [6, 6.07) is 4.84. The number of ether oxygens (including phenoxy) is 1. The highest BCUT2D eigenvalue weighted by Crippen LogP contribution is 2.32. The number of hydrogen-bond donors (Lipinski definition) is 10. The maximum Gasteiger partial charge on any atom is 0.219 e. The highest BCUT2D eigenvalue weighted by atomic mass is 16.6. The number of nitrogens with zero attached hydrogens (tertiary/aromatic N) is 4. The van der Waals surface area contributed by atoms with E-state index in [0.29, 0.717) is 47.5 Å². The maximum absolute atomic E-state index is 12.3. The number of rotatable bonds is 44. The molecule has 1 saturated heterocycles. The molecule has 3 aromatic rings. The summed E-state index contributed by atoms with van der Waals surface area (Å²) in [5.74, 6) is 1.04. The minimum atomic E-state index is -1.21. The minimum absolute atomic E-state index is 0.0440. The number of unbranched alkanes of at least 4 members (excludes halogenated alkanes) is 25. The quantitative estimate of drug-likeness (QED) is 0.0239. The summed E-state index contributed by atoms with van der Waals surface area (Å²) in [6.07, 6.45) is 32.0. The first-order chi connectivity index (χ1) is 35.2. The predicted molar refractivity (Wildman–Crippen MR) is 283 cm³/mol. The van der Waals surface area contributed by atoms with Gasteiger partial charge in [0.15, 0.2) is 23.2 Å². The van der Waals surface area contributed by atoms with Crippen LogP contribution in [0.1, 0.15) is 216 Å². The van der Waals surface area contributed by atoms with Gasteiger partial charge in [-0.05, 0) is 62.8 Å². The van der Waals surface area contributed by atoms with Crippen LogP contribution >= 0.6 is 0 Å². The Bertz CT molecular complexity index is 1890. The van der Waals surface area contributed by atoms with Gasteiger partial charge >= 0.3 is 0 Å². The summed E-state index contributed by atoms with van der Waals surface area (Å²) in [4.78, 5) is 37.6. The molecule has 0 bridgehead atoms. The van der Waals surface area contributed by atoms with Crippen LogP contribution in [0.3, 0.4) is 0 Å². The molecule has 1 unspecified atom stereocenters. The molecular weight excluding hydrogens is 917 g/mol. The number of phenols is 1. The van der Waals surface area contributed by atoms with Gasteiger partial charge in [0.25, 0.3) is 0 Å². The van der Waals surface area contributed by atoms with E-state index in [1.807, 2.05) is 0 Å². The number of imidazole rings is 1. The van der Waals surface area contributed by atoms with Gasteiger partial charge in [-0.15, -0.1) is 0 Å². The molecule has 1 fully saturated rings. The topological polar surface area (TPSA) is 256 Å². The fraction of sp³-hybridized carbons (Fsp3) is 0.764. The highest BCUT2D eigenvalue weighted by Gasteiger charge is 2.44. The Morgan fingerprint density at radius 1 is 0.611 bits per heavy atom. The van der Waals surface area contributed by atoms with Crippen molar-refractivity contribution in [2.24, 2.45) is 0 Å². The first-order valence-corrected chi connectivity index (χ1v) is 28.1. The third kappa shape index (κ3) is 23.9. The van der Waals surface area contributed by atoms with Crippen LogP contribution < -0.4 is 21.3 Å². The number of amides is 2. The zero-order valence-corrected chi connectivity index (χ0v) is 43.6. The number of anilines is 1. The van der Waals surface area contributed by atoms with E-state index < -0.39 is 37.3 Å². The molecule has 5 atom stereocenters. The molecule has 72 heavy (non-hydrogen) atoms. The molecule has 1 aromatic carbocycles. The molecule has 17 heteroatoms. The summed E-state index contributed by atoms with van der Waals surface area (Å²) in [7, 11) is 0. The average Bonchev–Trinajstić information content (AvgIpc) is 3.94. The Kier molecular flexibility index (Phi) is 31.7. The van der Waals surface area contributed by atoms with E-state index in [1.54, 1.807) is 16.7 Å². The number of carbonyl (C=O) groups is 2.